The van der Waals surface area contributed by atoms with Crippen LogP contribution in [0.25, 0.3) is 0 Å². The normalized spacial score (nSPS) is 11.5. The summed E-state index contributed by atoms with van der Waals surface area (Å²) in [6.45, 7) is 13.2. The first-order chi connectivity index (χ1) is 9.57. The Kier molecular flexibility index (Phi) is 7.35. The van der Waals surface area contributed by atoms with Crippen molar-refractivity contribution in [3.8, 4) is 0 Å². The van der Waals surface area contributed by atoms with Gasteiger partial charge in [0.1, 0.15) is 0 Å². The number of rotatable bonds is 7. The van der Waals surface area contributed by atoms with E-state index in [0.717, 1.165) is 5.70 Å². The summed E-state index contributed by atoms with van der Waals surface area (Å²) in [4.78, 5) is 37.0. The molecular weight excluding hydrogens is 292 g/mol. The van der Waals surface area contributed by atoms with Crippen molar-refractivity contribution in [3.05, 3.63) is 12.3 Å². The molecule has 0 aromatic rings. The van der Waals surface area contributed by atoms with Gasteiger partial charge in [0, 0.05) is 0 Å². The Balaban J connectivity index is 5.69. The van der Waals surface area contributed by atoms with E-state index in [1.54, 1.807) is 41.5 Å². The Morgan fingerprint density at radius 1 is 0.762 bits per heavy atom. The van der Waals surface area contributed by atoms with Gasteiger partial charge in [-0.3, -0.25) is 14.4 Å². The fraction of sp³-hybridized carbons (Fsp3) is 0.643. The molecule has 0 fully saturated rings. The number of carbonyl (C=O) groups excluding carboxylic acids is 3. The molecule has 0 spiro atoms. The van der Waals surface area contributed by atoms with E-state index in [0.29, 0.717) is 0 Å². The van der Waals surface area contributed by atoms with E-state index < -0.39 is 43.2 Å². The Labute approximate surface area is 126 Å². The fourth-order valence-corrected chi connectivity index (χ4v) is 3.69. The molecule has 0 aliphatic rings. The number of hydrogen-bond donors (Lipinski definition) is 0. The van der Waals surface area contributed by atoms with Crippen LogP contribution in [0.15, 0.2) is 12.3 Å². The van der Waals surface area contributed by atoms with E-state index >= 15 is 0 Å². The maximum absolute atomic E-state index is 12.3. The lowest BCUT2D eigenvalue weighted by atomic mass is 10.5. The largest absolute Gasteiger partial charge is 0.466 e. The third kappa shape index (κ3) is 5.00. The lowest BCUT2D eigenvalue weighted by molar-refractivity contribution is 0.121. The van der Waals surface area contributed by atoms with Gasteiger partial charge >= 0.3 is 24.9 Å². The molecule has 0 rings (SSSR count). The van der Waals surface area contributed by atoms with Crippen LogP contribution in [0.5, 0.6) is 0 Å². The zero-order chi connectivity index (χ0) is 16.8. The summed E-state index contributed by atoms with van der Waals surface area (Å²) in [5, 5.41) is 0. The molecule has 21 heavy (non-hydrogen) atoms. The molecule has 120 valence electrons. The van der Waals surface area contributed by atoms with Crippen LogP contribution in [0, 0.1) is 0 Å². The lowest BCUT2D eigenvalue weighted by Gasteiger charge is -2.24. The first-order valence-electron chi connectivity index (χ1n) is 6.84. The summed E-state index contributed by atoms with van der Waals surface area (Å²) in [5.74, 6) is 0. The van der Waals surface area contributed by atoms with Crippen LogP contribution in [0.3, 0.4) is 0 Å². The van der Waals surface area contributed by atoms with E-state index in [9.17, 15) is 14.4 Å². The Hall–Kier alpha value is -1.63. The number of carbonyl (C=O) groups is 3. The van der Waals surface area contributed by atoms with Crippen molar-refractivity contribution in [1.82, 2.24) is 0 Å². The Morgan fingerprint density at radius 3 is 1.14 bits per heavy atom. The van der Waals surface area contributed by atoms with E-state index in [2.05, 4.69) is 6.58 Å². The van der Waals surface area contributed by atoms with Gasteiger partial charge in [-0.15, -0.1) is 6.58 Å². The zero-order valence-electron chi connectivity index (χ0n) is 13.5. The second kappa shape index (κ2) is 7.97. The smallest absolute Gasteiger partial charge is 0.452 e. The van der Waals surface area contributed by atoms with Crippen LogP contribution in [-0.2, 0) is 14.2 Å². The van der Waals surface area contributed by atoms with E-state index in [1.807, 2.05) is 0 Å². The quantitative estimate of drug-likeness (QED) is 0.528. The predicted octanol–water partition coefficient (Wildman–Crippen LogP) is 3.54. The van der Waals surface area contributed by atoms with Crippen LogP contribution in [0.2, 0.25) is 0 Å². The first-order valence-corrected chi connectivity index (χ1v) is 8.92. The molecule has 0 heterocycles. The fourth-order valence-electron chi connectivity index (χ4n) is 1.42. The van der Waals surface area contributed by atoms with Crippen molar-refractivity contribution in [2.45, 2.75) is 59.9 Å². The maximum Gasteiger partial charge on any atom is 0.452 e. The molecule has 0 amide bonds. The van der Waals surface area contributed by atoms with Crippen LogP contribution < -0.4 is 0 Å². The number of ether oxygens (including phenoxy) is 3. The first kappa shape index (κ1) is 19.4. The Morgan fingerprint density at radius 2 is 1.00 bits per heavy atom. The summed E-state index contributed by atoms with van der Waals surface area (Å²) in [6.07, 6.45) is -1.41. The molecule has 0 unspecified atom stereocenters. The lowest BCUT2D eigenvalue weighted by Crippen LogP contribution is -2.60. The minimum atomic E-state index is -4.09. The summed E-state index contributed by atoms with van der Waals surface area (Å²) >= 11 is 0. The third-order valence-corrected chi connectivity index (χ3v) is 5.20. The van der Waals surface area contributed by atoms with Crippen LogP contribution >= 0.6 is 0 Å². The van der Waals surface area contributed by atoms with E-state index in [-0.39, 0.29) is 0 Å². The molecule has 0 saturated heterocycles. The van der Waals surface area contributed by atoms with Crippen molar-refractivity contribution in [2.75, 3.05) is 0 Å². The molecular formula is C14H24O6Si. The highest BCUT2D eigenvalue weighted by Crippen LogP contribution is 2.19. The zero-order valence-corrected chi connectivity index (χ0v) is 14.5. The molecule has 0 aliphatic heterocycles. The van der Waals surface area contributed by atoms with Gasteiger partial charge in [-0.2, -0.15) is 0 Å². The minimum Gasteiger partial charge on any atom is -0.466 e. The highest BCUT2D eigenvalue weighted by atomic mass is 28.3. The summed E-state index contributed by atoms with van der Waals surface area (Å²) in [7, 11) is -4.09. The average Bonchev–Trinajstić information content (AvgIpc) is 2.26. The predicted molar refractivity (Wildman–Crippen MR) is 80.8 cm³/mol. The molecule has 7 heteroatoms. The summed E-state index contributed by atoms with van der Waals surface area (Å²) < 4.78 is 15.2. The Bertz CT molecular complexity index is 359. The third-order valence-electron chi connectivity index (χ3n) is 2.30. The molecule has 0 aromatic heterocycles. The van der Waals surface area contributed by atoms with Gasteiger partial charge in [-0.25, -0.2) is 0 Å². The van der Waals surface area contributed by atoms with Gasteiger partial charge in [0.2, 0.25) is 0 Å². The molecule has 0 N–H and O–H groups in total. The van der Waals surface area contributed by atoms with Gasteiger partial charge in [-0.1, -0.05) is 5.70 Å². The van der Waals surface area contributed by atoms with Gasteiger partial charge < -0.3 is 14.2 Å². The van der Waals surface area contributed by atoms with Crippen molar-refractivity contribution in [3.63, 3.8) is 0 Å². The van der Waals surface area contributed by atoms with Gasteiger partial charge in [0.15, 0.2) is 0 Å². The molecule has 0 aliphatic carbocycles. The van der Waals surface area contributed by atoms with Crippen LogP contribution in [0.4, 0.5) is 14.4 Å². The summed E-state index contributed by atoms with van der Waals surface area (Å²) in [6, 6.07) is 0. The highest BCUT2D eigenvalue weighted by molar-refractivity contribution is 7.41. The van der Waals surface area contributed by atoms with E-state index in [4.69, 9.17) is 14.2 Å². The second-order valence-electron chi connectivity index (χ2n) is 5.37. The summed E-state index contributed by atoms with van der Waals surface area (Å²) in [5.41, 5.74) is -1.69. The molecule has 0 bridgehead atoms. The van der Waals surface area contributed by atoms with Crippen LogP contribution in [0.1, 0.15) is 41.5 Å². The van der Waals surface area contributed by atoms with Gasteiger partial charge in [-0.05, 0) is 41.5 Å². The molecule has 0 atom stereocenters. The SMILES string of the molecule is C=C[Si](C(=O)OC(C)C)(C(=O)OC(C)C)C(=O)OC(C)C. The molecule has 0 radical (unpaired) electrons. The maximum atomic E-state index is 12.3. The topological polar surface area (TPSA) is 78.9 Å². The van der Waals surface area contributed by atoms with Gasteiger partial charge in [0.25, 0.3) is 0 Å². The minimum absolute atomic E-state index is 0.469. The average molecular weight is 316 g/mol. The second-order valence-corrected chi connectivity index (χ2v) is 8.62. The molecule has 6 nitrogen and oxygen atoms in total. The standard InChI is InChI=1S/C14H24O6Si/c1-8-21(12(15)18-9(2)3,13(16)19-10(4)5)14(17)20-11(6)7/h8-11H,1H2,2-7H3. The number of hydrogen-bond acceptors (Lipinski definition) is 6. The molecule has 0 aromatic carbocycles. The molecule has 0 saturated carbocycles. The van der Waals surface area contributed by atoms with Crippen molar-refractivity contribution in [1.29, 1.82) is 0 Å². The van der Waals surface area contributed by atoms with Crippen molar-refractivity contribution in [2.24, 2.45) is 0 Å². The monoisotopic (exact) mass is 316 g/mol. The van der Waals surface area contributed by atoms with Crippen molar-refractivity contribution < 1.29 is 28.6 Å². The van der Waals surface area contributed by atoms with Crippen LogP contribution in [-0.4, -0.2) is 43.2 Å². The van der Waals surface area contributed by atoms with Crippen molar-refractivity contribution >= 4 is 24.9 Å². The van der Waals surface area contributed by atoms with E-state index in [1.165, 1.54) is 0 Å². The highest BCUT2D eigenvalue weighted by Gasteiger charge is 2.61. The van der Waals surface area contributed by atoms with Gasteiger partial charge in [0.05, 0.1) is 18.3 Å².